The summed E-state index contributed by atoms with van der Waals surface area (Å²) in [5.41, 5.74) is 0.329. The second kappa shape index (κ2) is 3.56. The molecular formula is C10H18O2. The fourth-order valence-corrected chi connectivity index (χ4v) is 2.00. The molecule has 1 aliphatic carbocycles. The molecule has 0 unspecified atom stereocenters. The van der Waals surface area contributed by atoms with E-state index in [1.807, 2.05) is 6.92 Å². The summed E-state index contributed by atoms with van der Waals surface area (Å²) in [6.45, 7) is 8.03. The van der Waals surface area contributed by atoms with Crippen LogP contribution in [0, 0.1) is 17.3 Å². The standard InChI is InChI=1S/C10H18O2/c1-4-12-7-9-8(5-6-11)10(9,2)3/h6,8-9H,4-5,7H2,1-3H3/t8-,9+/m1/s1. The molecule has 70 valence electrons. The van der Waals surface area contributed by atoms with Crippen molar-refractivity contribution in [3.8, 4) is 0 Å². The minimum Gasteiger partial charge on any atom is -0.381 e. The lowest BCUT2D eigenvalue weighted by molar-refractivity contribution is -0.108. The van der Waals surface area contributed by atoms with Gasteiger partial charge in [0.1, 0.15) is 6.29 Å². The molecule has 0 N–H and O–H groups in total. The van der Waals surface area contributed by atoms with Crippen molar-refractivity contribution >= 4 is 6.29 Å². The molecule has 0 aliphatic heterocycles. The van der Waals surface area contributed by atoms with Crippen molar-refractivity contribution in [1.82, 2.24) is 0 Å². The van der Waals surface area contributed by atoms with E-state index in [9.17, 15) is 4.79 Å². The van der Waals surface area contributed by atoms with Crippen molar-refractivity contribution in [2.45, 2.75) is 27.2 Å². The Balaban J connectivity index is 2.32. The van der Waals surface area contributed by atoms with Crippen LogP contribution in [0.5, 0.6) is 0 Å². The first-order valence-corrected chi connectivity index (χ1v) is 4.66. The fraction of sp³-hybridized carbons (Fsp3) is 0.900. The van der Waals surface area contributed by atoms with Crippen molar-refractivity contribution in [3.63, 3.8) is 0 Å². The summed E-state index contributed by atoms with van der Waals surface area (Å²) in [4.78, 5) is 10.3. The van der Waals surface area contributed by atoms with E-state index in [0.717, 1.165) is 19.5 Å². The summed E-state index contributed by atoms with van der Waals surface area (Å²) in [5.74, 6) is 1.16. The first kappa shape index (κ1) is 9.72. The molecule has 12 heavy (non-hydrogen) atoms. The van der Waals surface area contributed by atoms with E-state index < -0.39 is 0 Å². The fourth-order valence-electron chi connectivity index (χ4n) is 2.00. The van der Waals surface area contributed by atoms with Gasteiger partial charge < -0.3 is 9.53 Å². The van der Waals surface area contributed by atoms with Gasteiger partial charge in [-0.3, -0.25) is 0 Å². The summed E-state index contributed by atoms with van der Waals surface area (Å²) < 4.78 is 5.35. The third kappa shape index (κ3) is 1.69. The summed E-state index contributed by atoms with van der Waals surface area (Å²) in [7, 11) is 0. The Kier molecular flexibility index (Phi) is 2.89. The maximum Gasteiger partial charge on any atom is 0.120 e. The third-order valence-corrected chi connectivity index (χ3v) is 3.14. The van der Waals surface area contributed by atoms with Crippen molar-refractivity contribution in [2.24, 2.45) is 17.3 Å². The van der Waals surface area contributed by atoms with Crippen LogP contribution in [0.3, 0.4) is 0 Å². The molecule has 0 amide bonds. The molecule has 0 aromatic heterocycles. The number of carbonyl (C=O) groups is 1. The van der Waals surface area contributed by atoms with Gasteiger partial charge in [0.2, 0.25) is 0 Å². The number of aldehydes is 1. The highest BCUT2D eigenvalue weighted by molar-refractivity contribution is 5.51. The average molecular weight is 170 g/mol. The van der Waals surface area contributed by atoms with E-state index in [1.54, 1.807) is 0 Å². The van der Waals surface area contributed by atoms with Crippen molar-refractivity contribution in [1.29, 1.82) is 0 Å². The number of rotatable bonds is 5. The van der Waals surface area contributed by atoms with Crippen LogP contribution in [0.1, 0.15) is 27.2 Å². The second-order valence-electron chi connectivity index (χ2n) is 4.10. The minimum atomic E-state index is 0.329. The zero-order chi connectivity index (χ0) is 9.19. The molecular weight excluding hydrogens is 152 g/mol. The van der Waals surface area contributed by atoms with Gasteiger partial charge in [0, 0.05) is 13.0 Å². The number of ether oxygens (including phenoxy) is 1. The lowest BCUT2D eigenvalue weighted by Crippen LogP contribution is -2.00. The maximum absolute atomic E-state index is 10.3. The van der Waals surface area contributed by atoms with Crippen molar-refractivity contribution in [3.05, 3.63) is 0 Å². The molecule has 0 spiro atoms. The lowest BCUT2D eigenvalue weighted by Gasteiger charge is -2.01. The molecule has 1 saturated carbocycles. The number of hydrogen-bond acceptors (Lipinski definition) is 2. The number of carbonyl (C=O) groups excluding carboxylic acids is 1. The molecule has 0 aromatic rings. The number of hydrogen-bond donors (Lipinski definition) is 0. The Morgan fingerprint density at radius 3 is 2.58 bits per heavy atom. The zero-order valence-electron chi connectivity index (χ0n) is 8.17. The van der Waals surface area contributed by atoms with E-state index in [2.05, 4.69) is 13.8 Å². The average Bonchev–Trinajstić information content (AvgIpc) is 2.51. The van der Waals surface area contributed by atoms with Crippen LogP contribution in [-0.2, 0) is 9.53 Å². The topological polar surface area (TPSA) is 26.3 Å². The van der Waals surface area contributed by atoms with E-state index >= 15 is 0 Å². The van der Waals surface area contributed by atoms with Crippen molar-refractivity contribution < 1.29 is 9.53 Å². The maximum atomic E-state index is 10.3. The molecule has 2 atom stereocenters. The minimum absolute atomic E-state index is 0.329. The van der Waals surface area contributed by atoms with Crippen LogP contribution in [0.25, 0.3) is 0 Å². The third-order valence-electron chi connectivity index (χ3n) is 3.14. The Morgan fingerprint density at radius 1 is 1.42 bits per heavy atom. The van der Waals surface area contributed by atoms with Crippen LogP contribution < -0.4 is 0 Å². The van der Waals surface area contributed by atoms with Gasteiger partial charge in [0.25, 0.3) is 0 Å². The molecule has 0 radical (unpaired) electrons. The van der Waals surface area contributed by atoms with Gasteiger partial charge >= 0.3 is 0 Å². The van der Waals surface area contributed by atoms with Gasteiger partial charge in [-0.05, 0) is 24.2 Å². The van der Waals surface area contributed by atoms with Crippen LogP contribution in [0.15, 0.2) is 0 Å². The van der Waals surface area contributed by atoms with Gasteiger partial charge in [-0.25, -0.2) is 0 Å². The molecule has 1 aliphatic rings. The van der Waals surface area contributed by atoms with Crippen LogP contribution >= 0.6 is 0 Å². The van der Waals surface area contributed by atoms with E-state index in [4.69, 9.17) is 4.74 Å². The van der Waals surface area contributed by atoms with Crippen LogP contribution in [0.4, 0.5) is 0 Å². The smallest absolute Gasteiger partial charge is 0.120 e. The molecule has 0 bridgehead atoms. The predicted octanol–water partition coefficient (Wildman–Crippen LogP) is 1.88. The molecule has 1 rings (SSSR count). The van der Waals surface area contributed by atoms with E-state index in [1.165, 1.54) is 0 Å². The molecule has 0 heterocycles. The molecule has 0 saturated heterocycles. The summed E-state index contributed by atoms with van der Waals surface area (Å²) in [6.07, 6.45) is 1.73. The first-order chi connectivity index (χ1) is 5.64. The van der Waals surface area contributed by atoms with Gasteiger partial charge in [-0.2, -0.15) is 0 Å². The zero-order valence-corrected chi connectivity index (χ0v) is 8.17. The SMILES string of the molecule is CCOC[C@H]1[C@@H](CC=O)C1(C)C. The molecule has 2 heteroatoms. The highest BCUT2D eigenvalue weighted by atomic mass is 16.5. The Labute approximate surface area is 74.3 Å². The Hall–Kier alpha value is -0.370. The normalized spacial score (nSPS) is 31.6. The van der Waals surface area contributed by atoms with Crippen LogP contribution in [-0.4, -0.2) is 19.5 Å². The van der Waals surface area contributed by atoms with Gasteiger partial charge in [0.05, 0.1) is 6.61 Å². The quantitative estimate of drug-likeness (QED) is 0.589. The lowest BCUT2D eigenvalue weighted by atomic mass is 10.1. The van der Waals surface area contributed by atoms with E-state index in [-0.39, 0.29) is 0 Å². The van der Waals surface area contributed by atoms with Gasteiger partial charge in [0.15, 0.2) is 0 Å². The largest absolute Gasteiger partial charge is 0.381 e. The summed E-state index contributed by atoms with van der Waals surface area (Å²) in [5, 5.41) is 0. The highest BCUT2D eigenvalue weighted by Crippen LogP contribution is 2.59. The van der Waals surface area contributed by atoms with E-state index in [0.29, 0.717) is 23.7 Å². The summed E-state index contributed by atoms with van der Waals surface area (Å²) >= 11 is 0. The van der Waals surface area contributed by atoms with Gasteiger partial charge in [-0.1, -0.05) is 13.8 Å². The van der Waals surface area contributed by atoms with Crippen molar-refractivity contribution in [2.75, 3.05) is 13.2 Å². The van der Waals surface area contributed by atoms with Crippen LogP contribution in [0.2, 0.25) is 0 Å². The predicted molar refractivity (Wildman–Crippen MR) is 47.9 cm³/mol. The Bertz CT molecular complexity index is 163. The second-order valence-corrected chi connectivity index (χ2v) is 4.10. The Morgan fingerprint density at radius 2 is 2.08 bits per heavy atom. The summed E-state index contributed by atoms with van der Waals surface area (Å²) in [6, 6.07) is 0. The monoisotopic (exact) mass is 170 g/mol. The molecule has 0 aromatic carbocycles. The molecule has 2 nitrogen and oxygen atoms in total. The first-order valence-electron chi connectivity index (χ1n) is 4.66. The van der Waals surface area contributed by atoms with Gasteiger partial charge in [-0.15, -0.1) is 0 Å². The molecule has 1 fully saturated rings. The highest BCUT2D eigenvalue weighted by Gasteiger charge is 2.56.